The Morgan fingerprint density at radius 2 is 1.78 bits per heavy atom. The number of amides is 2. The summed E-state index contributed by atoms with van der Waals surface area (Å²) in [5.41, 5.74) is 2.42. The van der Waals surface area contributed by atoms with E-state index < -0.39 is 4.92 Å². The van der Waals surface area contributed by atoms with Gasteiger partial charge in [-0.2, -0.15) is 0 Å². The van der Waals surface area contributed by atoms with E-state index in [1.807, 2.05) is 13.0 Å². The second-order valence-electron chi connectivity index (χ2n) is 5.93. The molecule has 0 radical (unpaired) electrons. The van der Waals surface area contributed by atoms with Gasteiger partial charge in [0.25, 0.3) is 5.69 Å². The number of aryl methyl sites for hydroxylation is 1. The number of hydrogen-bond donors (Lipinski definition) is 3. The molecule has 2 aromatic rings. The first-order valence-corrected chi connectivity index (χ1v) is 8.58. The highest BCUT2D eigenvalue weighted by Gasteiger charge is 2.12. The maximum atomic E-state index is 12.2. The molecule has 0 spiro atoms. The van der Waals surface area contributed by atoms with Crippen molar-refractivity contribution in [2.45, 2.75) is 26.7 Å². The molecule has 0 heterocycles. The van der Waals surface area contributed by atoms with Crippen LogP contribution in [0.25, 0.3) is 0 Å². The molecule has 8 heteroatoms. The van der Waals surface area contributed by atoms with Crippen molar-refractivity contribution in [1.82, 2.24) is 0 Å². The lowest BCUT2D eigenvalue weighted by molar-refractivity contribution is -0.384. The maximum Gasteiger partial charge on any atom is 0.292 e. The van der Waals surface area contributed by atoms with Crippen molar-refractivity contribution in [2.75, 3.05) is 22.5 Å². The van der Waals surface area contributed by atoms with Crippen LogP contribution in [0.15, 0.2) is 42.5 Å². The van der Waals surface area contributed by atoms with Crippen LogP contribution < -0.4 is 16.0 Å². The van der Waals surface area contributed by atoms with Crippen molar-refractivity contribution in [2.24, 2.45) is 0 Å². The molecule has 2 aromatic carbocycles. The minimum absolute atomic E-state index is 0.0341. The number of carbonyl (C=O) groups excluding carboxylic acids is 2. The summed E-state index contributed by atoms with van der Waals surface area (Å²) in [6.45, 7) is 3.87. The number of carbonyl (C=O) groups is 2. The summed E-state index contributed by atoms with van der Waals surface area (Å²) in [5, 5.41) is 19.4. The monoisotopic (exact) mass is 370 g/mol. The summed E-state index contributed by atoms with van der Waals surface area (Å²) < 4.78 is 0. The third kappa shape index (κ3) is 5.81. The summed E-state index contributed by atoms with van der Waals surface area (Å²) >= 11 is 0. The smallest absolute Gasteiger partial charge is 0.292 e. The molecule has 27 heavy (non-hydrogen) atoms. The highest BCUT2D eigenvalue weighted by Crippen LogP contribution is 2.23. The first kappa shape index (κ1) is 19.9. The predicted molar refractivity (Wildman–Crippen MR) is 105 cm³/mol. The van der Waals surface area contributed by atoms with Crippen LogP contribution >= 0.6 is 0 Å². The number of nitrogens with zero attached hydrogens (tertiary/aromatic N) is 1. The van der Waals surface area contributed by atoms with Crippen LogP contribution in [0, 0.1) is 17.0 Å². The zero-order chi connectivity index (χ0) is 19.8. The fourth-order valence-corrected chi connectivity index (χ4v) is 2.39. The molecule has 0 saturated heterocycles. The maximum absolute atomic E-state index is 12.2. The number of nitro groups is 1. The lowest BCUT2D eigenvalue weighted by Crippen LogP contribution is -2.17. The van der Waals surface area contributed by atoms with Gasteiger partial charge in [0.05, 0.1) is 4.92 Å². The zero-order valence-electron chi connectivity index (χ0n) is 15.2. The molecule has 0 aliphatic rings. The minimum Gasteiger partial charge on any atom is -0.379 e. The fourth-order valence-electron chi connectivity index (χ4n) is 2.39. The van der Waals surface area contributed by atoms with Gasteiger partial charge in [-0.25, -0.2) is 0 Å². The van der Waals surface area contributed by atoms with E-state index in [4.69, 9.17) is 0 Å². The lowest BCUT2D eigenvalue weighted by Gasteiger charge is -2.12. The molecule has 0 aliphatic carbocycles. The van der Waals surface area contributed by atoms with Crippen molar-refractivity contribution in [3.63, 3.8) is 0 Å². The highest BCUT2D eigenvalue weighted by atomic mass is 16.6. The van der Waals surface area contributed by atoms with Crippen LogP contribution in [0.3, 0.4) is 0 Å². The van der Waals surface area contributed by atoms with Gasteiger partial charge in [-0.05, 0) is 30.7 Å². The van der Waals surface area contributed by atoms with Crippen LogP contribution in [0.1, 0.15) is 25.3 Å². The first-order chi connectivity index (χ1) is 12.9. The standard InChI is InChI=1S/C19H22N4O4/c1-3-18(24)21-14-9-8-13(2)16(12-14)22-19(25)10-11-20-15-6-4-5-7-17(15)23(26)27/h4-9,12,20H,3,10-11H2,1-2H3,(H,21,24)(H,22,25). The number of benzene rings is 2. The van der Waals surface area contributed by atoms with Crippen molar-refractivity contribution in [3.05, 3.63) is 58.1 Å². The molecule has 0 bridgehead atoms. The van der Waals surface area contributed by atoms with E-state index in [0.29, 0.717) is 23.5 Å². The Kier molecular flexibility index (Phi) is 6.87. The zero-order valence-corrected chi connectivity index (χ0v) is 15.2. The molecular weight excluding hydrogens is 348 g/mol. The van der Waals surface area contributed by atoms with E-state index in [0.717, 1.165) is 5.56 Å². The van der Waals surface area contributed by atoms with Gasteiger partial charge in [0.1, 0.15) is 5.69 Å². The Bertz CT molecular complexity index is 851. The highest BCUT2D eigenvalue weighted by molar-refractivity contribution is 5.94. The number of para-hydroxylation sites is 2. The summed E-state index contributed by atoms with van der Waals surface area (Å²) in [6.07, 6.45) is 0.504. The topological polar surface area (TPSA) is 113 Å². The molecule has 0 atom stereocenters. The Hall–Kier alpha value is -3.42. The first-order valence-electron chi connectivity index (χ1n) is 8.58. The van der Waals surface area contributed by atoms with Gasteiger partial charge in [-0.1, -0.05) is 25.1 Å². The van der Waals surface area contributed by atoms with E-state index in [9.17, 15) is 19.7 Å². The van der Waals surface area contributed by atoms with Crippen LogP contribution in [-0.4, -0.2) is 23.3 Å². The largest absolute Gasteiger partial charge is 0.379 e. The van der Waals surface area contributed by atoms with Crippen molar-refractivity contribution < 1.29 is 14.5 Å². The average Bonchev–Trinajstić information content (AvgIpc) is 2.64. The summed E-state index contributed by atoms with van der Waals surface area (Å²) in [4.78, 5) is 34.2. The van der Waals surface area contributed by atoms with Gasteiger partial charge in [-0.3, -0.25) is 19.7 Å². The van der Waals surface area contributed by atoms with E-state index in [2.05, 4.69) is 16.0 Å². The third-order valence-electron chi connectivity index (χ3n) is 3.88. The van der Waals surface area contributed by atoms with Gasteiger partial charge < -0.3 is 16.0 Å². The van der Waals surface area contributed by atoms with Crippen LogP contribution in [0.4, 0.5) is 22.7 Å². The number of rotatable bonds is 8. The van der Waals surface area contributed by atoms with Crippen molar-refractivity contribution in [3.8, 4) is 0 Å². The van der Waals surface area contributed by atoms with Crippen LogP contribution in [0.5, 0.6) is 0 Å². The molecule has 142 valence electrons. The third-order valence-corrected chi connectivity index (χ3v) is 3.88. The fraction of sp³-hybridized carbons (Fsp3) is 0.263. The Labute approximate surface area is 157 Å². The quantitative estimate of drug-likeness (QED) is 0.484. The Morgan fingerprint density at radius 3 is 2.48 bits per heavy atom. The minimum atomic E-state index is -0.470. The molecule has 3 N–H and O–H groups in total. The summed E-state index contributed by atoms with van der Waals surface area (Å²) in [7, 11) is 0. The second kappa shape index (κ2) is 9.33. The van der Waals surface area contributed by atoms with Crippen LogP contribution in [-0.2, 0) is 9.59 Å². The molecule has 0 unspecified atom stereocenters. The number of nitro benzene ring substituents is 1. The molecule has 0 aromatic heterocycles. The molecule has 0 saturated carbocycles. The molecule has 8 nitrogen and oxygen atoms in total. The second-order valence-corrected chi connectivity index (χ2v) is 5.93. The number of hydrogen-bond acceptors (Lipinski definition) is 5. The Morgan fingerprint density at radius 1 is 1.04 bits per heavy atom. The van der Waals surface area contributed by atoms with E-state index >= 15 is 0 Å². The van der Waals surface area contributed by atoms with E-state index in [1.54, 1.807) is 37.3 Å². The SMILES string of the molecule is CCC(=O)Nc1ccc(C)c(NC(=O)CCNc2ccccc2[N+](=O)[O-])c1. The molecular formula is C19H22N4O4. The van der Waals surface area contributed by atoms with E-state index in [1.165, 1.54) is 6.07 Å². The molecule has 0 aliphatic heterocycles. The van der Waals surface area contributed by atoms with Gasteiger partial charge in [0.2, 0.25) is 11.8 Å². The van der Waals surface area contributed by atoms with Crippen LogP contribution in [0.2, 0.25) is 0 Å². The molecule has 0 fully saturated rings. The van der Waals surface area contributed by atoms with Gasteiger partial charge >= 0.3 is 0 Å². The van der Waals surface area contributed by atoms with Crippen molar-refractivity contribution in [1.29, 1.82) is 0 Å². The molecule has 2 rings (SSSR count). The molecule has 2 amide bonds. The summed E-state index contributed by atoms with van der Waals surface area (Å²) in [6, 6.07) is 11.6. The van der Waals surface area contributed by atoms with Gasteiger partial charge in [0, 0.05) is 36.8 Å². The lowest BCUT2D eigenvalue weighted by atomic mass is 10.1. The predicted octanol–water partition coefficient (Wildman–Crippen LogP) is 3.69. The van der Waals surface area contributed by atoms with E-state index in [-0.39, 0.29) is 30.5 Å². The average molecular weight is 370 g/mol. The normalized spacial score (nSPS) is 10.1. The summed E-state index contributed by atoms with van der Waals surface area (Å²) in [5.74, 6) is -0.340. The van der Waals surface area contributed by atoms with Gasteiger partial charge in [0.15, 0.2) is 0 Å². The number of nitrogens with one attached hydrogen (secondary N) is 3. The van der Waals surface area contributed by atoms with Gasteiger partial charge in [-0.15, -0.1) is 0 Å². The Balaban J connectivity index is 1.93. The number of anilines is 3. The van der Waals surface area contributed by atoms with Crippen molar-refractivity contribution >= 4 is 34.6 Å².